The maximum atomic E-state index is 12.6. The number of carbonyl (C=O) groups is 1. The summed E-state index contributed by atoms with van der Waals surface area (Å²) in [5.41, 5.74) is 0.634. The molecule has 0 unspecified atom stereocenters. The number of benzene rings is 1. The van der Waals surface area contributed by atoms with E-state index in [0.717, 1.165) is 12.5 Å². The van der Waals surface area contributed by atoms with Gasteiger partial charge < -0.3 is 5.32 Å². The van der Waals surface area contributed by atoms with Crippen LogP contribution in [0.4, 0.5) is 5.69 Å². The van der Waals surface area contributed by atoms with E-state index < -0.39 is 10.0 Å². The Kier molecular flexibility index (Phi) is 7.35. The number of amides is 1. The maximum Gasteiger partial charge on any atom is 0.243 e. The summed E-state index contributed by atoms with van der Waals surface area (Å²) in [7, 11) is -1.93. The van der Waals surface area contributed by atoms with Crippen molar-refractivity contribution in [2.75, 3.05) is 25.5 Å². The minimum atomic E-state index is -3.51. The summed E-state index contributed by atoms with van der Waals surface area (Å²) in [5, 5.41) is 2.93. The zero-order valence-corrected chi connectivity index (χ0v) is 18.7. The van der Waals surface area contributed by atoms with Crippen molar-refractivity contribution < 1.29 is 13.2 Å². The highest BCUT2D eigenvalue weighted by atomic mass is 32.2. The molecule has 29 heavy (non-hydrogen) atoms. The van der Waals surface area contributed by atoms with Crippen molar-refractivity contribution in [3.8, 4) is 0 Å². The smallest absolute Gasteiger partial charge is 0.243 e. The van der Waals surface area contributed by atoms with E-state index in [1.165, 1.54) is 49.3 Å². The molecule has 2 fully saturated rings. The van der Waals surface area contributed by atoms with Gasteiger partial charge >= 0.3 is 0 Å². The molecule has 1 N–H and O–H groups in total. The van der Waals surface area contributed by atoms with E-state index >= 15 is 0 Å². The van der Waals surface area contributed by atoms with E-state index in [0.29, 0.717) is 18.3 Å². The summed E-state index contributed by atoms with van der Waals surface area (Å²) in [6.07, 6.45) is 8.93. The standard InChI is InChI=1S/C22H35N3O3S/c1-17(2)24(3)29(27,28)21-13-9-19(10-14-21)23-22(26)16-25(20-11-12-20)15-18-7-5-4-6-8-18/h9-10,13-14,17-18,20H,4-8,11-12,15-16H2,1-3H3,(H,23,26). The number of nitrogens with zero attached hydrogens (tertiary/aromatic N) is 2. The van der Waals surface area contributed by atoms with Crippen molar-refractivity contribution in [3.05, 3.63) is 24.3 Å². The largest absolute Gasteiger partial charge is 0.325 e. The third kappa shape index (κ3) is 6.03. The van der Waals surface area contributed by atoms with E-state index in [4.69, 9.17) is 0 Å². The summed E-state index contributed by atoms with van der Waals surface area (Å²) in [6, 6.07) is 6.90. The zero-order valence-electron chi connectivity index (χ0n) is 17.9. The SMILES string of the molecule is CC(C)N(C)S(=O)(=O)c1ccc(NC(=O)CN(CC2CCCCC2)C2CC2)cc1. The third-order valence-corrected chi connectivity index (χ3v) is 8.22. The van der Waals surface area contributed by atoms with Gasteiger partial charge in [-0.1, -0.05) is 19.3 Å². The molecule has 162 valence electrons. The van der Waals surface area contributed by atoms with Gasteiger partial charge in [0.05, 0.1) is 11.4 Å². The first kappa shape index (κ1) is 22.2. The molecule has 0 atom stereocenters. The zero-order chi connectivity index (χ0) is 21.0. The van der Waals surface area contributed by atoms with Crippen LogP contribution in [0.5, 0.6) is 0 Å². The van der Waals surface area contributed by atoms with Gasteiger partial charge in [0.1, 0.15) is 0 Å². The monoisotopic (exact) mass is 421 g/mol. The first-order chi connectivity index (χ1) is 13.8. The minimum Gasteiger partial charge on any atom is -0.325 e. The number of rotatable bonds is 9. The van der Waals surface area contributed by atoms with Crippen LogP contribution in [0.25, 0.3) is 0 Å². The molecule has 0 bridgehead atoms. The second kappa shape index (κ2) is 9.58. The lowest BCUT2D eigenvalue weighted by atomic mass is 9.89. The molecule has 0 saturated heterocycles. The predicted octanol–water partition coefficient (Wildman–Crippen LogP) is 3.70. The molecule has 3 rings (SSSR count). The van der Waals surface area contributed by atoms with E-state index in [2.05, 4.69) is 10.2 Å². The summed E-state index contributed by atoms with van der Waals surface area (Å²) in [4.78, 5) is 15.2. The van der Waals surface area contributed by atoms with Crippen LogP contribution in [0.3, 0.4) is 0 Å². The number of hydrogen-bond acceptors (Lipinski definition) is 4. The van der Waals surface area contributed by atoms with Crippen LogP contribution in [-0.4, -0.2) is 55.8 Å². The van der Waals surface area contributed by atoms with Gasteiger partial charge in [0.25, 0.3) is 0 Å². The quantitative estimate of drug-likeness (QED) is 0.660. The van der Waals surface area contributed by atoms with Crippen molar-refractivity contribution in [2.24, 2.45) is 5.92 Å². The van der Waals surface area contributed by atoms with Gasteiger partial charge in [-0.2, -0.15) is 4.31 Å². The molecule has 6 nitrogen and oxygen atoms in total. The Bertz CT molecular complexity index is 782. The molecule has 0 radical (unpaired) electrons. The fraction of sp³-hybridized carbons (Fsp3) is 0.682. The lowest BCUT2D eigenvalue weighted by molar-refractivity contribution is -0.117. The average Bonchev–Trinajstić information content (AvgIpc) is 3.53. The Labute approximate surface area is 175 Å². The molecular weight excluding hydrogens is 386 g/mol. The average molecular weight is 422 g/mol. The van der Waals surface area contributed by atoms with Gasteiger partial charge in [-0.15, -0.1) is 0 Å². The Morgan fingerprint density at radius 3 is 2.24 bits per heavy atom. The van der Waals surface area contributed by atoms with Crippen molar-refractivity contribution in [2.45, 2.75) is 75.8 Å². The molecule has 2 saturated carbocycles. The van der Waals surface area contributed by atoms with Crippen LogP contribution < -0.4 is 5.32 Å². The fourth-order valence-corrected chi connectivity index (χ4v) is 5.39. The van der Waals surface area contributed by atoms with Crippen LogP contribution in [0.1, 0.15) is 58.8 Å². The Morgan fingerprint density at radius 1 is 1.07 bits per heavy atom. The Morgan fingerprint density at radius 2 is 1.69 bits per heavy atom. The second-order valence-electron chi connectivity index (χ2n) is 8.85. The van der Waals surface area contributed by atoms with Crippen LogP contribution in [-0.2, 0) is 14.8 Å². The molecule has 2 aliphatic carbocycles. The van der Waals surface area contributed by atoms with Gasteiger partial charge in [0, 0.05) is 31.4 Å². The number of sulfonamides is 1. The van der Waals surface area contributed by atoms with Crippen molar-refractivity contribution in [1.29, 1.82) is 0 Å². The molecule has 1 amide bonds. The van der Waals surface area contributed by atoms with Gasteiger partial charge in [-0.25, -0.2) is 8.42 Å². The van der Waals surface area contributed by atoms with E-state index in [-0.39, 0.29) is 16.8 Å². The minimum absolute atomic E-state index is 0.0254. The highest BCUT2D eigenvalue weighted by Crippen LogP contribution is 2.31. The molecule has 1 aromatic rings. The van der Waals surface area contributed by atoms with Crippen LogP contribution in [0.15, 0.2) is 29.2 Å². The molecule has 2 aliphatic rings. The van der Waals surface area contributed by atoms with Gasteiger partial charge in [0.2, 0.25) is 15.9 Å². The number of hydrogen-bond donors (Lipinski definition) is 1. The molecule has 0 heterocycles. The second-order valence-corrected chi connectivity index (χ2v) is 10.8. The molecule has 0 aliphatic heterocycles. The van der Waals surface area contributed by atoms with Crippen LogP contribution in [0, 0.1) is 5.92 Å². The molecule has 7 heteroatoms. The lowest BCUT2D eigenvalue weighted by Crippen LogP contribution is -2.38. The first-order valence-corrected chi connectivity index (χ1v) is 12.3. The highest BCUT2D eigenvalue weighted by Gasteiger charge is 2.32. The van der Waals surface area contributed by atoms with Crippen molar-refractivity contribution in [1.82, 2.24) is 9.21 Å². The molecule has 0 aromatic heterocycles. The van der Waals surface area contributed by atoms with Crippen molar-refractivity contribution in [3.63, 3.8) is 0 Å². The summed E-state index contributed by atoms with van der Waals surface area (Å²) < 4.78 is 26.5. The summed E-state index contributed by atoms with van der Waals surface area (Å²) >= 11 is 0. The maximum absolute atomic E-state index is 12.6. The lowest BCUT2D eigenvalue weighted by Gasteiger charge is -2.29. The van der Waals surface area contributed by atoms with Crippen LogP contribution in [0.2, 0.25) is 0 Å². The van der Waals surface area contributed by atoms with Gasteiger partial charge in [-0.3, -0.25) is 9.69 Å². The molecule has 0 spiro atoms. The number of carbonyl (C=O) groups excluding carboxylic acids is 1. The predicted molar refractivity (Wildman–Crippen MR) is 116 cm³/mol. The van der Waals surface area contributed by atoms with Gasteiger partial charge in [-0.05, 0) is 69.7 Å². The van der Waals surface area contributed by atoms with Gasteiger partial charge in [0.15, 0.2) is 0 Å². The molecule has 1 aromatic carbocycles. The normalized spacial score (nSPS) is 18.6. The Hall–Kier alpha value is -1.44. The Balaban J connectivity index is 1.57. The first-order valence-electron chi connectivity index (χ1n) is 10.9. The molecular formula is C22H35N3O3S. The van der Waals surface area contributed by atoms with E-state index in [1.807, 2.05) is 13.8 Å². The number of nitrogens with one attached hydrogen (secondary N) is 1. The van der Waals surface area contributed by atoms with E-state index in [9.17, 15) is 13.2 Å². The number of anilines is 1. The third-order valence-electron chi connectivity index (χ3n) is 6.17. The van der Waals surface area contributed by atoms with E-state index in [1.54, 1.807) is 31.3 Å². The summed E-state index contributed by atoms with van der Waals surface area (Å²) in [5.74, 6) is 0.696. The van der Waals surface area contributed by atoms with Crippen molar-refractivity contribution >= 4 is 21.6 Å². The highest BCUT2D eigenvalue weighted by molar-refractivity contribution is 7.89. The van der Waals surface area contributed by atoms with Crippen LogP contribution >= 0.6 is 0 Å². The topological polar surface area (TPSA) is 69.7 Å². The summed E-state index contributed by atoms with van der Waals surface area (Å²) in [6.45, 7) is 5.12. The fourth-order valence-electron chi connectivity index (χ4n) is 4.02.